The fourth-order valence-corrected chi connectivity index (χ4v) is 3.89. The Labute approximate surface area is 197 Å². The van der Waals surface area contributed by atoms with Crippen LogP contribution in [-0.4, -0.2) is 59.5 Å². The molecule has 0 aliphatic carbocycles. The minimum Gasteiger partial charge on any atom is -0.388 e. The van der Waals surface area contributed by atoms with Gasteiger partial charge in [0.1, 0.15) is 11.6 Å². The van der Waals surface area contributed by atoms with Gasteiger partial charge in [-0.25, -0.2) is 9.97 Å². The number of nitrogens with zero attached hydrogens (tertiary/aromatic N) is 4. The molecule has 1 aliphatic rings. The zero-order chi connectivity index (χ0) is 23.3. The normalized spacial score (nSPS) is 13.5. The first-order chi connectivity index (χ1) is 16.7. The molecule has 3 heterocycles. The summed E-state index contributed by atoms with van der Waals surface area (Å²) in [5.74, 6) is 2.20. The van der Waals surface area contributed by atoms with Gasteiger partial charge in [-0.15, -0.1) is 0 Å². The zero-order valence-corrected chi connectivity index (χ0v) is 18.9. The summed E-state index contributed by atoms with van der Waals surface area (Å²) >= 11 is 0. The van der Waals surface area contributed by atoms with Gasteiger partial charge in [-0.1, -0.05) is 12.1 Å². The molecule has 0 bridgehead atoms. The molecule has 0 spiro atoms. The highest BCUT2D eigenvalue weighted by atomic mass is 16.5. The van der Waals surface area contributed by atoms with E-state index in [1.807, 2.05) is 61.8 Å². The second-order valence-corrected chi connectivity index (χ2v) is 7.87. The van der Waals surface area contributed by atoms with Gasteiger partial charge in [0.15, 0.2) is 0 Å². The van der Waals surface area contributed by atoms with Crippen LogP contribution in [0.1, 0.15) is 5.56 Å². The molecule has 0 radical (unpaired) electrons. The number of hydrogen-bond donors (Lipinski definition) is 4. The maximum atomic E-state index is 7.63. The quantitative estimate of drug-likeness (QED) is 0.310. The number of benzene rings is 2. The van der Waals surface area contributed by atoms with Gasteiger partial charge in [0, 0.05) is 72.9 Å². The van der Waals surface area contributed by atoms with Crippen molar-refractivity contribution in [1.29, 1.82) is 5.41 Å². The van der Waals surface area contributed by atoms with Crippen molar-refractivity contribution in [3.05, 3.63) is 66.5 Å². The third-order valence-electron chi connectivity index (χ3n) is 5.71. The van der Waals surface area contributed by atoms with Gasteiger partial charge >= 0.3 is 0 Å². The SMILES string of the molecule is CNc1cc(-c2cc(Nc3ccc(-c4ncc[nH]4)cc3)nc(N3CCOCC3)n2)ccc1C=N. The molecule has 2 aromatic carbocycles. The lowest BCUT2D eigenvalue weighted by atomic mass is 10.1. The van der Waals surface area contributed by atoms with Crippen molar-refractivity contribution in [3.63, 3.8) is 0 Å². The number of hydrogen-bond acceptors (Lipinski definition) is 8. The van der Waals surface area contributed by atoms with Crippen molar-refractivity contribution >= 4 is 29.4 Å². The highest BCUT2D eigenvalue weighted by molar-refractivity contribution is 5.88. The van der Waals surface area contributed by atoms with Crippen molar-refractivity contribution in [3.8, 4) is 22.6 Å². The number of H-pyrrole nitrogens is 1. The summed E-state index contributed by atoms with van der Waals surface area (Å²) in [5, 5.41) is 14.2. The Morgan fingerprint density at radius 3 is 2.53 bits per heavy atom. The van der Waals surface area contributed by atoms with Crippen LogP contribution in [-0.2, 0) is 4.74 Å². The predicted molar refractivity (Wildman–Crippen MR) is 135 cm³/mol. The summed E-state index contributed by atoms with van der Waals surface area (Å²) in [5.41, 5.74) is 5.38. The molecule has 1 aliphatic heterocycles. The summed E-state index contributed by atoms with van der Waals surface area (Å²) in [6, 6.07) is 15.9. The molecule has 0 saturated carbocycles. The van der Waals surface area contributed by atoms with E-state index in [2.05, 4.69) is 25.5 Å². The third-order valence-corrected chi connectivity index (χ3v) is 5.71. The molecule has 9 heteroatoms. The lowest BCUT2D eigenvalue weighted by Crippen LogP contribution is -2.37. The summed E-state index contributed by atoms with van der Waals surface area (Å²) in [6.07, 6.45) is 4.89. The van der Waals surface area contributed by atoms with E-state index in [0.717, 1.165) is 52.7 Å². The first kappa shape index (κ1) is 21.6. The van der Waals surface area contributed by atoms with Crippen LogP contribution >= 0.6 is 0 Å². The van der Waals surface area contributed by atoms with Crippen molar-refractivity contribution in [1.82, 2.24) is 19.9 Å². The standard InChI is InChI=1S/C25H26N8O/c1-27-21-14-18(2-3-19(21)16-26)22-15-23(32-25(31-22)33-10-12-34-13-11-33)30-20-6-4-17(5-7-20)24-28-8-9-29-24/h2-9,14-16,26-27H,10-13H2,1H3,(H,28,29)(H,30,31,32). The lowest BCUT2D eigenvalue weighted by Gasteiger charge is -2.27. The topological polar surface area (TPSA) is 115 Å². The lowest BCUT2D eigenvalue weighted by molar-refractivity contribution is 0.122. The fraction of sp³-hybridized carbons (Fsp3) is 0.200. The smallest absolute Gasteiger partial charge is 0.228 e. The summed E-state index contributed by atoms with van der Waals surface area (Å²) in [7, 11) is 1.85. The Bertz CT molecular complexity index is 1260. The number of rotatable bonds is 7. The monoisotopic (exact) mass is 454 g/mol. The van der Waals surface area contributed by atoms with Crippen LogP contribution in [0, 0.1) is 5.41 Å². The fourth-order valence-electron chi connectivity index (χ4n) is 3.89. The van der Waals surface area contributed by atoms with Gasteiger partial charge in [0.25, 0.3) is 0 Å². The maximum Gasteiger partial charge on any atom is 0.228 e. The maximum absolute atomic E-state index is 7.63. The molecule has 9 nitrogen and oxygen atoms in total. The minimum absolute atomic E-state index is 0.655. The predicted octanol–water partition coefficient (Wildman–Crippen LogP) is 4.15. The van der Waals surface area contributed by atoms with Gasteiger partial charge in [0.2, 0.25) is 5.95 Å². The molecule has 5 rings (SSSR count). The van der Waals surface area contributed by atoms with Crippen LogP contribution in [0.25, 0.3) is 22.6 Å². The van der Waals surface area contributed by atoms with Crippen LogP contribution in [0.3, 0.4) is 0 Å². The second-order valence-electron chi connectivity index (χ2n) is 7.87. The molecule has 1 fully saturated rings. The number of aromatic nitrogens is 4. The van der Waals surface area contributed by atoms with Crippen LogP contribution in [0.5, 0.6) is 0 Å². The number of aromatic amines is 1. The first-order valence-electron chi connectivity index (χ1n) is 11.1. The first-order valence-corrected chi connectivity index (χ1v) is 11.1. The van der Waals surface area contributed by atoms with Crippen molar-refractivity contribution in [2.45, 2.75) is 0 Å². The van der Waals surface area contributed by atoms with E-state index >= 15 is 0 Å². The molecule has 1 saturated heterocycles. The Morgan fingerprint density at radius 1 is 1.03 bits per heavy atom. The average molecular weight is 455 g/mol. The number of imidazole rings is 1. The molecular formula is C25H26N8O. The summed E-state index contributed by atoms with van der Waals surface area (Å²) in [6.45, 7) is 2.80. The van der Waals surface area contributed by atoms with E-state index in [9.17, 15) is 0 Å². The van der Waals surface area contributed by atoms with Crippen LogP contribution in [0.2, 0.25) is 0 Å². The second kappa shape index (κ2) is 9.72. The molecule has 34 heavy (non-hydrogen) atoms. The molecule has 4 N–H and O–H groups in total. The van der Waals surface area contributed by atoms with E-state index in [-0.39, 0.29) is 0 Å². The Hall–Kier alpha value is -4.24. The molecule has 4 aromatic rings. The number of anilines is 4. The van der Waals surface area contributed by atoms with Crippen molar-refractivity contribution < 1.29 is 4.74 Å². The number of ether oxygens (including phenoxy) is 1. The number of morpholine rings is 1. The van der Waals surface area contributed by atoms with Gasteiger partial charge in [-0.3, -0.25) is 0 Å². The highest BCUT2D eigenvalue weighted by Gasteiger charge is 2.17. The van der Waals surface area contributed by atoms with Crippen LogP contribution in [0.4, 0.5) is 23.1 Å². The van der Waals surface area contributed by atoms with Gasteiger partial charge < -0.3 is 30.7 Å². The molecule has 2 aromatic heterocycles. The van der Waals surface area contributed by atoms with Crippen molar-refractivity contribution in [2.75, 3.05) is 48.9 Å². The van der Waals surface area contributed by atoms with E-state index in [4.69, 9.17) is 20.1 Å². The van der Waals surface area contributed by atoms with E-state index in [1.54, 1.807) is 6.20 Å². The highest BCUT2D eigenvalue weighted by Crippen LogP contribution is 2.29. The van der Waals surface area contributed by atoms with Crippen LogP contribution < -0.4 is 15.5 Å². The number of nitrogens with one attached hydrogen (secondary N) is 4. The molecule has 172 valence electrons. The Kier molecular flexibility index (Phi) is 6.17. The van der Waals surface area contributed by atoms with Gasteiger partial charge in [0.05, 0.1) is 18.9 Å². The summed E-state index contributed by atoms with van der Waals surface area (Å²) in [4.78, 5) is 19.2. The zero-order valence-electron chi connectivity index (χ0n) is 18.9. The van der Waals surface area contributed by atoms with E-state index in [1.165, 1.54) is 6.21 Å². The van der Waals surface area contributed by atoms with Crippen LogP contribution in [0.15, 0.2) is 60.9 Å². The minimum atomic E-state index is 0.655. The molecule has 0 atom stereocenters. The Morgan fingerprint density at radius 2 is 1.82 bits per heavy atom. The van der Waals surface area contributed by atoms with Gasteiger partial charge in [-0.2, -0.15) is 4.98 Å². The van der Waals surface area contributed by atoms with Crippen molar-refractivity contribution in [2.24, 2.45) is 0 Å². The molecule has 0 unspecified atom stereocenters. The van der Waals surface area contributed by atoms with E-state index in [0.29, 0.717) is 25.0 Å². The average Bonchev–Trinajstić information content (AvgIpc) is 3.44. The Balaban J connectivity index is 1.49. The largest absolute Gasteiger partial charge is 0.388 e. The van der Waals surface area contributed by atoms with Gasteiger partial charge in [-0.05, 0) is 30.3 Å². The molecular weight excluding hydrogens is 428 g/mol. The molecule has 0 amide bonds. The third kappa shape index (κ3) is 4.60. The summed E-state index contributed by atoms with van der Waals surface area (Å²) < 4.78 is 5.51. The van der Waals surface area contributed by atoms with E-state index < -0.39 is 0 Å².